The van der Waals surface area contributed by atoms with Gasteiger partial charge in [-0.05, 0) is 50.3 Å². The van der Waals surface area contributed by atoms with Gasteiger partial charge in [-0.3, -0.25) is 4.79 Å². The number of furan rings is 1. The minimum atomic E-state index is -0.617. The van der Waals surface area contributed by atoms with Crippen LogP contribution in [0.1, 0.15) is 43.3 Å². The number of rotatable bonds is 5. The number of likely N-dealkylation sites (tertiary alicyclic amines) is 1. The third kappa shape index (κ3) is 4.26. The van der Waals surface area contributed by atoms with Gasteiger partial charge in [0.25, 0.3) is 5.91 Å². The zero-order valence-corrected chi connectivity index (χ0v) is 16.4. The van der Waals surface area contributed by atoms with Gasteiger partial charge in [0, 0.05) is 24.0 Å². The van der Waals surface area contributed by atoms with Crippen molar-refractivity contribution in [3.8, 4) is 5.75 Å². The fourth-order valence-electron chi connectivity index (χ4n) is 3.80. The fraction of sp³-hybridized carbons (Fsp3) is 0.524. The van der Waals surface area contributed by atoms with E-state index in [4.69, 9.17) is 13.9 Å². The SMILES string of the molecule is CCOc1ccc2oc(C(=O)OCC(=O)N3C[C@@H](C)C[C@H](C)C3)c(C)c2c1. The number of carbonyl (C=O) groups excluding carboxylic acids is 2. The number of fused-ring (bicyclic) bond motifs is 1. The summed E-state index contributed by atoms with van der Waals surface area (Å²) in [6, 6.07) is 5.41. The van der Waals surface area contributed by atoms with E-state index in [1.807, 2.05) is 13.0 Å². The molecular weight excluding hydrogens is 346 g/mol. The topological polar surface area (TPSA) is 69.0 Å². The monoisotopic (exact) mass is 373 g/mol. The van der Waals surface area contributed by atoms with Crippen molar-refractivity contribution in [2.24, 2.45) is 11.8 Å². The van der Waals surface area contributed by atoms with Crippen LogP contribution in [-0.4, -0.2) is 43.1 Å². The van der Waals surface area contributed by atoms with Crippen LogP contribution in [0, 0.1) is 18.8 Å². The van der Waals surface area contributed by atoms with Crippen molar-refractivity contribution in [2.45, 2.75) is 34.1 Å². The Morgan fingerprint density at radius 2 is 1.93 bits per heavy atom. The highest BCUT2D eigenvalue weighted by Crippen LogP contribution is 2.29. The first-order valence-corrected chi connectivity index (χ1v) is 9.49. The molecule has 1 saturated heterocycles. The van der Waals surface area contributed by atoms with Gasteiger partial charge in [0.1, 0.15) is 11.3 Å². The van der Waals surface area contributed by atoms with E-state index in [1.54, 1.807) is 24.0 Å². The second-order valence-corrected chi connectivity index (χ2v) is 7.47. The van der Waals surface area contributed by atoms with Crippen LogP contribution < -0.4 is 4.74 Å². The molecule has 27 heavy (non-hydrogen) atoms. The van der Waals surface area contributed by atoms with Crippen molar-refractivity contribution in [1.82, 2.24) is 4.90 Å². The summed E-state index contributed by atoms with van der Waals surface area (Å²) in [5.41, 5.74) is 1.28. The zero-order chi connectivity index (χ0) is 19.6. The number of nitrogens with zero attached hydrogens (tertiary/aromatic N) is 1. The van der Waals surface area contributed by atoms with E-state index in [0.717, 1.165) is 17.6 Å². The molecule has 0 spiro atoms. The molecule has 1 aliphatic rings. The molecule has 6 heteroatoms. The number of amides is 1. The number of hydrogen-bond donors (Lipinski definition) is 0. The van der Waals surface area contributed by atoms with Crippen LogP contribution in [0.15, 0.2) is 22.6 Å². The average molecular weight is 373 g/mol. The maximum Gasteiger partial charge on any atom is 0.375 e. The molecule has 1 amide bonds. The van der Waals surface area contributed by atoms with E-state index in [9.17, 15) is 9.59 Å². The van der Waals surface area contributed by atoms with Gasteiger partial charge in [-0.15, -0.1) is 0 Å². The Hall–Kier alpha value is -2.50. The Morgan fingerprint density at radius 3 is 2.59 bits per heavy atom. The van der Waals surface area contributed by atoms with Gasteiger partial charge in [0.15, 0.2) is 6.61 Å². The smallest absolute Gasteiger partial charge is 0.375 e. The van der Waals surface area contributed by atoms with Gasteiger partial charge in [0.05, 0.1) is 6.61 Å². The summed E-state index contributed by atoms with van der Waals surface area (Å²) in [6.07, 6.45) is 1.12. The van der Waals surface area contributed by atoms with Crippen molar-refractivity contribution < 1.29 is 23.5 Å². The largest absolute Gasteiger partial charge is 0.494 e. The minimum Gasteiger partial charge on any atom is -0.494 e. The number of benzene rings is 1. The number of aryl methyl sites for hydroxylation is 1. The van der Waals surface area contributed by atoms with Gasteiger partial charge in [-0.25, -0.2) is 4.79 Å². The lowest BCUT2D eigenvalue weighted by atomic mass is 9.92. The second-order valence-electron chi connectivity index (χ2n) is 7.47. The molecule has 0 bridgehead atoms. The molecule has 3 rings (SSSR count). The number of carbonyl (C=O) groups is 2. The molecule has 1 aliphatic heterocycles. The molecule has 0 radical (unpaired) electrons. The molecular formula is C21H27NO5. The van der Waals surface area contributed by atoms with E-state index in [1.165, 1.54) is 0 Å². The molecule has 0 aliphatic carbocycles. The Labute approximate surface area is 159 Å². The fourth-order valence-corrected chi connectivity index (χ4v) is 3.80. The zero-order valence-electron chi connectivity index (χ0n) is 16.4. The molecule has 0 unspecified atom stereocenters. The third-order valence-corrected chi connectivity index (χ3v) is 4.95. The summed E-state index contributed by atoms with van der Waals surface area (Å²) in [5, 5.41) is 0.804. The van der Waals surface area contributed by atoms with Crippen molar-refractivity contribution in [2.75, 3.05) is 26.3 Å². The number of esters is 1. The van der Waals surface area contributed by atoms with E-state index in [0.29, 0.717) is 42.7 Å². The Morgan fingerprint density at radius 1 is 1.22 bits per heavy atom. The maximum absolute atomic E-state index is 12.4. The Kier molecular flexibility index (Phi) is 5.73. The van der Waals surface area contributed by atoms with E-state index < -0.39 is 5.97 Å². The van der Waals surface area contributed by atoms with Gasteiger partial charge in [-0.2, -0.15) is 0 Å². The van der Waals surface area contributed by atoms with Crippen molar-refractivity contribution in [1.29, 1.82) is 0 Å². The summed E-state index contributed by atoms with van der Waals surface area (Å²) in [4.78, 5) is 26.6. The van der Waals surface area contributed by atoms with E-state index in [-0.39, 0.29) is 18.3 Å². The summed E-state index contributed by atoms with van der Waals surface area (Å²) < 4.78 is 16.4. The van der Waals surface area contributed by atoms with Crippen molar-refractivity contribution in [3.63, 3.8) is 0 Å². The summed E-state index contributed by atoms with van der Waals surface area (Å²) in [5.74, 6) is 1.00. The highest BCUT2D eigenvalue weighted by molar-refractivity contribution is 5.97. The summed E-state index contributed by atoms with van der Waals surface area (Å²) in [6.45, 7) is 9.71. The Balaban J connectivity index is 1.67. The van der Waals surface area contributed by atoms with Crippen LogP contribution in [0.2, 0.25) is 0 Å². The van der Waals surface area contributed by atoms with Crippen molar-refractivity contribution in [3.05, 3.63) is 29.5 Å². The number of hydrogen-bond acceptors (Lipinski definition) is 5. The first-order chi connectivity index (χ1) is 12.9. The lowest BCUT2D eigenvalue weighted by Gasteiger charge is -2.34. The van der Waals surface area contributed by atoms with Gasteiger partial charge >= 0.3 is 5.97 Å². The van der Waals surface area contributed by atoms with Gasteiger partial charge < -0.3 is 18.8 Å². The van der Waals surface area contributed by atoms with Crippen LogP contribution in [0.4, 0.5) is 0 Å². The normalized spacial score (nSPS) is 19.9. The van der Waals surface area contributed by atoms with Crippen LogP contribution in [0.3, 0.4) is 0 Å². The molecule has 146 valence electrons. The standard InChI is InChI=1S/C21H27NO5/c1-5-25-16-6-7-18-17(9-16)15(4)20(27-18)21(24)26-12-19(23)22-10-13(2)8-14(3)11-22/h6-7,9,13-14H,5,8,10-12H2,1-4H3/t13-,14-/m0/s1. The molecule has 2 aromatic rings. The van der Waals surface area contributed by atoms with E-state index >= 15 is 0 Å². The molecule has 1 aromatic heterocycles. The van der Waals surface area contributed by atoms with Gasteiger partial charge in [0.2, 0.25) is 5.76 Å². The molecule has 2 atom stereocenters. The highest BCUT2D eigenvalue weighted by Gasteiger charge is 2.27. The molecule has 2 heterocycles. The van der Waals surface area contributed by atoms with Crippen LogP contribution in [0.25, 0.3) is 11.0 Å². The van der Waals surface area contributed by atoms with E-state index in [2.05, 4.69) is 13.8 Å². The molecule has 1 fully saturated rings. The Bertz CT molecular complexity index is 830. The van der Waals surface area contributed by atoms with Crippen LogP contribution in [0.5, 0.6) is 5.75 Å². The number of piperidine rings is 1. The highest BCUT2D eigenvalue weighted by atomic mass is 16.5. The lowest BCUT2D eigenvalue weighted by Crippen LogP contribution is -2.44. The lowest BCUT2D eigenvalue weighted by molar-refractivity contribution is -0.137. The predicted molar refractivity (Wildman–Crippen MR) is 102 cm³/mol. The second kappa shape index (κ2) is 8.03. The number of ether oxygens (including phenoxy) is 2. The summed E-state index contributed by atoms with van der Waals surface area (Å²) >= 11 is 0. The quantitative estimate of drug-likeness (QED) is 0.746. The summed E-state index contributed by atoms with van der Waals surface area (Å²) in [7, 11) is 0. The van der Waals surface area contributed by atoms with Crippen LogP contribution >= 0.6 is 0 Å². The van der Waals surface area contributed by atoms with Gasteiger partial charge in [-0.1, -0.05) is 13.8 Å². The molecule has 6 nitrogen and oxygen atoms in total. The first-order valence-electron chi connectivity index (χ1n) is 9.49. The molecule has 0 saturated carbocycles. The third-order valence-electron chi connectivity index (χ3n) is 4.95. The van der Waals surface area contributed by atoms with Crippen LogP contribution in [-0.2, 0) is 9.53 Å². The maximum atomic E-state index is 12.4. The molecule has 1 aromatic carbocycles. The first kappa shape index (κ1) is 19.3. The predicted octanol–water partition coefficient (Wildman–Crippen LogP) is 3.80. The average Bonchev–Trinajstić information content (AvgIpc) is 2.95. The molecule has 0 N–H and O–H groups in total. The van der Waals surface area contributed by atoms with Crippen molar-refractivity contribution >= 4 is 22.8 Å². The minimum absolute atomic E-state index is 0.131.